The van der Waals surface area contributed by atoms with Gasteiger partial charge in [-0.15, -0.1) is 0 Å². The Labute approximate surface area is 91.3 Å². The van der Waals surface area contributed by atoms with Gasteiger partial charge in [0.25, 0.3) is 0 Å². The molecule has 0 aliphatic rings. The predicted octanol–water partition coefficient (Wildman–Crippen LogP) is 3.47. The van der Waals surface area contributed by atoms with Gasteiger partial charge in [0.05, 0.1) is 0 Å². The lowest BCUT2D eigenvalue weighted by atomic mass is 10.9. The average Bonchev–Trinajstić information content (AvgIpc) is 2.01. The maximum Gasteiger partial charge on any atom is 0.334 e. The monoisotopic (exact) mass is 234 g/mol. The second-order valence-electron chi connectivity index (χ2n) is 5.06. The summed E-state index contributed by atoms with van der Waals surface area (Å²) in [5, 5.41) is 0. The molecule has 0 unspecified atom stereocenters. The largest absolute Gasteiger partial charge is 0.395 e. The molecule has 0 radical (unpaired) electrons. The van der Waals surface area contributed by atoms with E-state index in [0.29, 0.717) is 0 Å². The Morgan fingerprint density at radius 2 is 1.21 bits per heavy atom. The maximum atomic E-state index is 5.80. The van der Waals surface area contributed by atoms with Crippen LogP contribution in [0.4, 0.5) is 0 Å². The summed E-state index contributed by atoms with van der Waals surface area (Å²) in [6, 6.07) is 2.47. The molecule has 0 spiro atoms. The molecule has 0 heterocycles. The Kier molecular flexibility index (Phi) is 6.20. The first-order chi connectivity index (χ1) is 6.33. The summed E-state index contributed by atoms with van der Waals surface area (Å²) < 4.78 is 11.6. The van der Waals surface area contributed by atoms with Crippen molar-refractivity contribution in [2.75, 3.05) is 13.2 Å². The fourth-order valence-electron chi connectivity index (χ4n) is 1.40. The minimum atomic E-state index is -1.82. The van der Waals surface area contributed by atoms with Crippen LogP contribution in [0, 0.1) is 0 Å². The maximum absolute atomic E-state index is 5.80. The summed E-state index contributed by atoms with van der Waals surface area (Å²) in [7, 11) is -2.77. The highest BCUT2D eigenvalue weighted by molar-refractivity contribution is 6.78. The van der Waals surface area contributed by atoms with Gasteiger partial charge >= 0.3 is 8.56 Å². The van der Waals surface area contributed by atoms with Gasteiger partial charge in [0.15, 0.2) is 0 Å². The van der Waals surface area contributed by atoms with Crippen molar-refractivity contribution in [3.05, 3.63) is 0 Å². The highest BCUT2D eigenvalue weighted by Crippen LogP contribution is 2.21. The summed E-state index contributed by atoms with van der Waals surface area (Å²) >= 11 is 0. The summed E-state index contributed by atoms with van der Waals surface area (Å²) in [6.07, 6.45) is 0. The van der Waals surface area contributed by atoms with Gasteiger partial charge in [0.2, 0.25) is 0 Å². The van der Waals surface area contributed by atoms with Crippen LogP contribution in [-0.2, 0) is 8.85 Å². The third-order valence-corrected chi connectivity index (χ3v) is 7.44. The predicted molar refractivity (Wildman–Crippen MR) is 67.8 cm³/mol. The van der Waals surface area contributed by atoms with Crippen molar-refractivity contribution >= 4 is 16.6 Å². The van der Waals surface area contributed by atoms with Gasteiger partial charge < -0.3 is 8.85 Å². The molecule has 2 nitrogen and oxygen atoms in total. The molecule has 0 aromatic carbocycles. The second-order valence-corrected chi connectivity index (χ2v) is 14.0. The fraction of sp³-hybridized carbons (Fsp3) is 1.00. The Hall–Kier alpha value is 0.354. The van der Waals surface area contributed by atoms with Crippen molar-refractivity contribution in [1.82, 2.24) is 0 Å². The lowest BCUT2D eigenvalue weighted by Crippen LogP contribution is -2.40. The van der Waals surface area contributed by atoms with Gasteiger partial charge in [0.1, 0.15) is 0 Å². The van der Waals surface area contributed by atoms with Crippen LogP contribution in [0.1, 0.15) is 13.8 Å². The lowest BCUT2D eigenvalue weighted by molar-refractivity contribution is 0.190. The Balaban J connectivity index is 4.08. The van der Waals surface area contributed by atoms with E-state index in [4.69, 9.17) is 8.85 Å². The summed E-state index contributed by atoms with van der Waals surface area (Å²) in [5.41, 5.74) is 0. The van der Waals surface area contributed by atoms with E-state index >= 15 is 0 Å². The van der Waals surface area contributed by atoms with E-state index in [9.17, 15) is 0 Å². The molecule has 0 aliphatic heterocycles. The summed E-state index contributed by atoms with van der Waals surface area (Å²) in [4.78, 5) is 0. The van der Waals surface area contributed by atoms with Crippen molar-refractivity contribution < 1.29 is 8.85 Å². The molecular formula is C10H26O2Si2. The Morgan fingerprint density at radius 3 is 1.50 bits per heavy atom. The third kappa shape index (κ3) is 6.76. The molecule has 0 saturated heterocycles. The molecular weight excluding hydrogens is 208 g/mol. The van der Waals surface area contributed by atoms with E-state index in [1.807, 2.05) is 0 Å². The molecule has 0 atom stereocenters. The number of hydrogen-bond donors (Lipinski definition) is 0. The first-order valence-corrected chi connectivity index (χ1v) is 11.8. The molecule has 0 bridgehead atoms. The first-order valence-electron chi connectivity index (χ1n) is 5.61. The normalized spacial score (nSPS) is 13.3. The van der Waals surface area contributed by atoms with Crippen LogP contribution in [0.15, 0.2) is 0 Å². The third-order valence-electron chi connectivity index (χ3n) is 2.23. The van der Waals surface area contributed by atoms with Crippen molar-refractivity contribution in [3.63, 3.8) is 0 Å². The SMILES string of the molecule is CCO[Si](C)(CC[Si](C)(C)C)OCC. The van der Waals surface area contributed by atoms with E-state index in [1.165, 1.54) is 6.04 Å². The summed E-state index contributed by atoms with van der Waals surface area (Å²) in [6.45, 7) is 15.1. The smallest absolute Gasteiger partial charge is 0.334 e. The Morgan fingerprint density at radius 1 is 0.786 bits per heavy atom. The second kappa shape index (κ2) is 6.05. The highest BCUT2D eigenvalue weighted by Gasteiger charge is 2.32. The van der Waals surface area contributed by atoms with Crippen LogP contribution >= 0.6 is 0 Å². The van der Waals surface area contributed by atoms with Crippen LogP contribution in [0.3, 0.4) is 0 Å². The van der Waals surface area contributed by atoms with Gasteiger partial charge in [-0.3, -0.25) is 0 Å². The minimum Gasteiger partial charge on any atom is -0.395 e. The molecule has 0 saturated carbocycles. The van der Waals surface area contributed by atoms with Crippen LogP contribution in [-0.4, -0.2) is 29.8 Å². The highest BCUT2D eigenvalue weighted by atomic mass is 28.4. The molecule has 86 valence electrons. The molecule has 0 fully saturated rings. The molecule has 4 heteroatoms. The molecule has 0 aliphatic carbocycles. The number of rotatable bonds is 7. The van der Waals surface area contributed by atoms with Crippen molar-refractivity contribution in [2.45, 2.75) is 52.1 Å². The van der Waals surface area contributed by atoms with Crippen LogP contribution in [0.2, 0.25) is 38.3 Å². The van der Waals surface area contributed by atoms with Gasteiger partial charge in [0, 0.05) is 21.3 Å². The van der Waals surface area contributed by atoms with Gasteiger partial charge in [-0.2, -0.15) is 0 Å². The van der Waals surface area contributed by atoms with Gasteiger partial charge in [-0.1, -0.05) is 25.7 Å². The zero-order valence-electron chi connectivity index (χ0n) is 10.6. The lowest BCUT2D eigenvalue weighted by Gasteiger charge is -2.28. The molecule has 14 heavy (non-hydrogen) atoms. The standard InChI is InChI=1S/C10H26O2Si2/c1-7-11-14(6,12-8-2)10-9-13(3,4)5/h7-10H2,1-6H3. The van der Waals surface area contributed by atoms with E-state index in [-0.39, 0.29) is 0 Å². The molecule has 0 aromatic rings. The van der Waals surface area contributed by atoms with E-state index in [2.05, 4.69) is 40.0 Å². The molecule has 0 aromatic heterocycles. The topological polar surface area (TPSA) is 18.5 Å². The zero-order chi connectivity index (χ0) is 11.2. The summed E-state index contributed by atoms with van der Waals surface area (Å²) in [5.74, 6) is 0. The molecule has 0 amide bonds. The van der Waals surface area contributed by atoms with Gasteiger partial charge in [-0.25, -0.2) is 0 Å². The van der Waals surface area contributed by atoms with Crippen LogP contribution in [0.25, 0.3) is 0 Å². The van der Waals surface area contributed by atoms with Crippen molar-refractivity contribution in [1.29, 1.82) is 0 Å². The van der Waals surface area contributed by atoms with E-state index in [0.717, 1.165) is 19.3 Å². The van der Waals surface area contributed by atoms with E-state index < -0.39 is 16.6 Å². The number of hydrogen-bond acceptors (Lipinski definition) is 2. The van der Waals surface area contributed by atoms with Crippen LogP contribution < -0.4 is 0 Å². The van der Waals surface area contributed by atoms with Crippen molar-refractivity contribution in [2.24, 2.45) is 0 Å². The zero-order valence-corrected chi connectivity index (χ0v) is 12.6. The van der Waals surface area contributed by atoms with Gasteiger partial charge in [-0.05, 0) is 26.4 Å². The fourth-order valence-corrected chi connectivity index (χ4v) is 7.81. The van der Waals surface area contributed by atoms with E-state index in [1.54, 1.807) is 0 Å². The minimum absolute atomic E-state index is 0.786. The van der Waals surface area contributed by atoms with Crippen LogP contribution in [0.5, 0.6) is 0 Å². The first kappa shape index (κ1) is 14.4. The molecule has 0 N–H and O–H groups in total. The Bertz CT molecular complexity index is 149. The molecule has 0 rings (SSSR count). The average molecular weight is 234 g/mol. The quantitative estimate of drug-likeness (QED) is 0.628. The van der Waals surface area contributed by atoms with Crippen molar-refractivity contribution in [3.8, 4) is 0 Å².